The van der Waals surface area contributed by atoms with Crippen LogP contribution in [-0.4, -0.2) is 12.0 Å². The Bertz CT molecular complexity index is 1080. The third-order valence-electron chi connectivity index (χ3n) is 4.26. The predicted octanol–water partition coefficient (Wildman–Crippen LogP) is 7.14. The number of carbonyl (C=O) groups excluding carboxylic acids is 1. The number of Topliss-reactive ketones (excluding diaryl/α,β-unsaturated/α-hetero) is 1. The van der Waals surface area contributed by atoms with Crippen molar-refractivity contribution < 1.29 is 18.8 Å². The Labute approximate surface area is 194 Å². The van der Waals surface area contributed by atoms with E-state index in [1.807, 2.05) is 0 Å². The summed E-state index contributed by atoms with van der Waals surface area (Å²) in [5.41, 5.74) is 1.42. The molecule has 3 aromatic carbocycles. The van der Waals surface area contributed by atoms with Crippen LogP contribution in [0.15, 0.2) is 65.8 Å². The smallest absolute Gasteiger partial charge is 0.168 e. The van der Waals surface area contributed by atoms with Gasteiger partial charge >= 0.3 is 0 Å². The number of benzene rings is 3. The Kier molecular flexibility index (Phi) is 8.29. The van der Waals surface area contributed by atoms with E-state index in [1.54, 1.807) is 48.5 Å². The first-order chi connectivity index (χ1) is 14.9. The van der Waals surface area contributed by atoms with E-state index in [2.05, 4.69) is 5.16 Å². The summed E-state index contributed by atoms with van der Waals surface area (Å²) in [5, 5.41) is 5.08. The number of nitrogens with zero attached hydrogens (tertiary/aromatic N) is 1. The van der Waals surface area contributed by atoms with Gasteiger partial charge in [0.15, 0.2) is 5.78 Å². The van der Waals surface area contributed by atoms with Crippen LogP contribution in [0.1, 0.15) is 27.9 Å². The van der Waals surface area contributed by atoms with Crippen molar-refractivity contribution >= 4 is 46.8 Å². The summed E-state index contributed by atoms with van der Waals surface area (Å²) >= 11 is 17.9. The molecule has 0 atom stereocenters. The van der Waals surface area contributed by atoms with Crippen molar-refractivity contribution in [1.82, 2.24) is 0 Å². The zero-order valence-corrected chi connectivity index (χ0v) is 18.4. The average molecular weight is 481 g/mol. The van der Waals surface area contributed by atoms with Gasteiger partial charge in [0.25, 0.3) is 0 Å². The molecule has 8 heteroatoms. The van der Waals surface area contributed by atoms with E-state index in [1.165, 1.54) is 18.3 Å². The van der Waals surface area contributed by atoms with Crippen molar-refractivity contribution in [2.45, 2.75) is 19.6 Å². The Morgan fingerprint density at radius 3 is 2.55 bits per heavy atom. The molecule has 0 amide bonds. The van der Waals surface area contributed by atoms with E-state index in [9.17, 15) is 9.18 Å². The van der Waals surface area contributed by atoms with Gasteiger partial charge in [0, 0.05) is 33.2 Å². The highest BCUT2D eigenvalue weighted by atomic mass is 35.5. The van der Waals surface area contributed by atoms with Crippen LogP contribution < -0.4 is 4.74 Å². The van der Waals surface area contributed by atoms with Crippen LogP contribution in [0.5, 0.6) is 5.75 Å². The summed E-state index contributed by atoms with van der Waals surface area (Å²) in [6, 6.07) is 16.1. The van der Waals surface area contributed by atoms with E-state index in [0.717, 1.165) is 5.56 Å². The van der Waals surface area contributed by atoms with Crippen LogP contribution in [0.4, 0.5) is 4.39 Å². The molecule has 0 saturated carbocycles. The molecule has 0 aromatic heterocycles. The van der Waals surface area contributed by atoms with E-state index in [-0.39, 0.29) is 36.0 Å². The topological polar surface area (TPSA) is 47.9 Å². The Morgan fingerprint density at radius 2 is 1.77 bits per heavy atom. The zero-order valence-electron chi connectivity index (χ0n) is 16.2. The minimum atomic E-state index is -0.448. The first-order valence-corrected chi connectivity index (χ1v) is 10.3. The quantitative estimate of drug-likeness (QED) is 0.186. The molecule has 31 heavy (non-hydrogen) atoms. The van der Waals surface area contributed by atoms with Gasteiger partial charge in [0.2, 0.25) is 0 Å². The second-order valence-corrected chi connectivity index (χ2v) is 7.69. The Hall–Kier alpha value is -2.60. The fourth-order valence-corrected chi connectivity index (χ4v) is 3.30. The maximum Gasteiger partial charge on any atom is 0.168 e. The summed E-state index contributed by atoms with van der Waals surface area (Å²) in [6.45, 7) is 0.105. The maximum absolute atomic E-state index is 13.9. The van der Waals surface area contributed by atoms with Crippen molar-refractivity contribution in [2.75, 3.05) is 0 Å². The molecule has 0 unspecified atom stereocenters. The minimum absolute atomic E-state index is 0.0386. The number of rotatable bonds is 9. The number of ether oxygens (including phenoxy) is 1. The highest BCUT2D eigenvalue weighted by Gasteiger charge is 2.10. The Balaban J connectivity index is 1.52. The van der Waals surface area contributed by atoms with Crippen molar-refractivity contribution in [2.24, 2.45) is 5.16 Å². The lowest BCUT2D eigenvalue weighted by Gasteiger charge is -2.09. The number of hydrogen-bond donors (Lipinski definition) is 0. The second kappa shape index (κ2) is 11.1. The monoisotopic (exact) mass is 479 g/mol. The van der Waals surface area contributed by atoms with Gasteiger partial charge in [-0.1, -0.05) is 64.2 Å². The third-order valence-corrected chi connectivity index (χ3v) is 5.20. The number of halogens is 4. The molecular weight excluding hydrogens is 464 g/mol. The standard InChI is InChI=1S/C23H17Cl3FNO3/c24-17-8-7-16(21(26)12-17)13-31-28-10-9-23(29)15-3-1-4-18(11-15)30-14-19-20(25)5-2-6-22(19)27/h1-8,10-12H,9,13-14H2/b28-10+. The van der Waals surface area contributed by atoms with E-state index in [4.69, 9.17) is 44.4 Å². The van der Waals surface area contributed by atoms with Crippen LogP contribution in [0.3, 0.4) is 0 Å². The van der Waals surface area contributed by atoms with Gasteiger partial charge in [0.05, 0.1) is 11.2 Å². The lowest BCUT2D eigenvalue weighted by molar-refractivity contribution is 0.0995. The summed E-state index contributed by atoms with van der Waals surface area (Å²) in [7, 11) is 0. The van der Waals surface area contributed by atoms with Crippen LogP contribution in [0.2, 0.25) is 15.1 Å². The Morgan fingerprint density at radius 1 is 0.968 bits per heavy atom. The highest BCUT2D eigenvalue weighted by Crippen LogP contribution is 2.23. The van der Waals surface area contributed by atoms with Gasteiger partial charge in [-0.05, 0) is 36.4 Å². The summed E-state index contributed by atoms with van der Waals surface area (Å²) in [6.07, 6.45) is 1.41. The van der Waals surface area contributed by atoms with Crippen molar-refractivity contribution in [3.8, 4) is 5.75 Å². The average Bonchev–Trinajstić information content (AvgIpc) is 2.74. The number of ketones is 1. The molecule has 0 heterocycles. The van der Waals surface area contributed by atoms with Crippen LogP contribution >= 0.6 is 34.8 Å². The molecule has 0 radical (unpaired) electrons. The van der Waals surface area contributed by atoms with E-state index in [0.29, 0.717) is 21.4 Å². The van der Waals surface area contributed by atoms with Gasteiger partial charge in [0.1, 0.15) is 24.8 Å². The second-order valence-electron chi connectivity index (χ2n) is 6.44. The normalized spacial score (nSPS) is 11.0. The largest absolute Gasteiger partial charge is 0.489 e. The first kappa shape index (κ1) is 23.1. The molecule has 0 bridgehead atoms. The fraction of sp³-hybridized carbons (Fsp3) is 0.130. The minimum Gasteiger partial charge on any atom is -0.489 e. The van der Waals surface area contributed by atoms with Gasteiger partial charge in [-0.3, -0.25) is 4.79 Å². The summed E-state index contributed by atoms with van der Waals surface area (Å²) < 4.78 is 19.5. The molecule has 0 aliphatic rings. The molecule has 0 N–H and O–H groups in total. The van der Waals surface area contributed by atoms with Crippen LogP contribution in [-0.2, 0) is 18.1 Å². The zero-order chi connectivity index (χ0) is 22.2. The molecule has 0 aliphatic heterocycles. The van der Waals surface area contributed by atoms with E-state index < -0.39 is 5.82 Å². The molecule has 0 fully saturated rings. The van der Waals surface area contributed by atoms with Crippen molar-refractivity contribution in [3.63, 3.8) is 0 Å². The predicted molar refractivity (Wildman–Crippen MR) is 121 cm³/mol. The SMILES string of the molecule is O=C(C/C=N/OCc1ccc(Cl)cc1Cl)c1cccc(OCc2c(F)cccc2Cl)c1. The van der Waals surface area contributed by atoms with Crippen LogP contribution in [0, 0.1) is 5.82 Å². The molecule has 0 spiro atoms. The van der Waals surface area contributed by atoms with Gasteiger partial charge < -0.3 is 9.57 Å². The molecule has 4 nitrogen and oxygen atoms in total. The molecule has 0 saturated heterocycles. The van der Waals surface area contributed by atoms with Crippen molar-refractivity contribution in [3.05, 3.63) is 98.2 Å². The van der Waals surface area contributed by atoms with Gasteiger partial charge in [-0.2, -0.15) is 0 Å². The lowest BCUT2D eigenvalue weighted by atomic mass is 10.1. The fourth-order valence-electron chi connectivity index (χ4n) is 2.62. The number of hydrogen-bond acceptors (Lipinski definition) is 4. The summed E-state index contributed by atoms with van der Waals surface area (Å²) in [4.78, 5) is 17.6. The third kappa shape index (κ3) is 6.69. The van der Waals surface area contributed by atoms with E-state index >= 15 is 0 Å². The number of oxime groups is 1. The lowest BCUT2D eigenvalue weighted by Crippen LogP contribution is -2.03. The van der Waals surface area contributed by atoms with Crippen molar-refractivity contribution in [1.29, 1.82) is 0 Å². The maximum atomic E-state index is 13.9. The number of carbonyl (C=O) groups is 1. The molecule has 3 rings (SSSR count). The molecular formula is C23H17Cl3FNO3. The summed E-state index contributed by atoms with van der Waals surface area (Å²) in [5.74, 6) is -0.196. The first-order valence-electron chi connectivity index (χ1n) is 9.20. The van der Waals surface area contributed by atoms with Gasteiger partial charge in [-0.25, -0.2) is 4.39 Å². The molecule has 3 aromatic rings. The van der Waals surface area contributed by atoms with Crippen LogP contribution in [0.25, 0.3) is 0 Å². The highest BCUT2D eigenvalue weighted by molar-refractivity contribution is 6.35. The molecule has 0 aliphatic carbocycles. The molecule has 160 valence electrons. The van der Waals surface area contributed by atoms with Gasteiger partial charge in [-0.15, -0.1) is 0 Å².